The first-order valence-electron chi connectivity index (χ1n) is 6.47. The minimum absolute atomic E-state index is 0.0638. The van der Waals surface area contributed by atoms with E-state index in [-0.39, 0.29) is 5.91 Å². The number of nitrogens with two attached hydrogens (primary N) is 1. The van der Waals surface area contributed by atoms with Crippen molar-refractivity contribution < 1.29 is 14.3 Å². The van der Waals surface area contributed by atoms with Crippen molar-refractivity contribution in [3.8, 4) is 5.75 Å². The molecular formula is C14H23N3O3. The summed E-state index contributed by atoms with van der Waals surface area (Å²) in [6, 6.07) is 5.18. The maximum atomic E-state index is 11.8. The topological polar surface area (TPSA) is 76.8 Å². The molecule has 0 unspecified atom stereocenters. The molecule has 0 atom stereocenters. The van der Waals surface area contributed by atoms with Crippen LogP contribution in [0.4, 0.5) is 11.4 Å². The molecule has 3 N–H and O–H groups in total. The molecule has 6 heteroatoms. The summed E-state index contributed by atoms with van der Waals surface area (Å²) in [6.07, 6.45) is 0.408. The number of hydrogen-bond donors (Lipinski definition) is 2. The molecule has 112 valence electrons. The number of likely N-dealkylation sites (N-methyl/N-ethyl adjacent to an activating group) is 1. The van der Waals surface area contributed by atoms with E-state index in [1.165, 1.54) is 0 Å². The molecule has 0 heterocycles. The van der Waals surface area contributed by atoms with Crippen LogP contribution in [0.3, 0.4) is 0 Å². The Kier molecular flexibility index (Phi) is 6.83. The lowest BCUT2D eigenvalue weighted by Crippen LogP contribution is -2.27. The van der Waals surface area contributed by atoms with Gasteiger partial charge in [0.15, 0.2) is 0 Å². The maximum absolute atomic E-state index is 11.8. The number of methoxy groups -OCH3 is 2. The van der Waals surface area contributed by atoms with Crippen molar-refractivity contribution in [2.45, 2.75) is 6.42 Å². The van der Waals surface area contributed by atoms with Gasteiger partial charge in [0.25, 0.3) is 0 Å². The van der Waals surface area contributed by atoms with E-state index in [0.29, 0.717) is 36.7 Å². The van der Waals surface area contributed by atoms with E-state index in [2.05, 4.69) is 5.32 Å². The summed E-state index contributed by atoms with van der Waals surface area (Å²) in [5.74, 6) is 0.603. The van der Waals surface area contributed by atoms with Crippen molar-refractivity contribution in [1.82, 2.24) is 4.90 Å². The van der Waals surface area contributed by atoms with Crippen LogP contribution in [0, 0.1) is 0 Å². The summed E-state index contributed by atoms with van der Waals surface area (Å²) >= 11 is 0. The van der Waals surface area contributed by atoms with Crippen molar-refractivity contribution in [2.24, 2.45) is 0 Å². The standard InChI is InChI=1S/C14H23N3O3/c1-17(8-9-19-2)7-6-14(18)16-13-5-4-11(20-3)10-12(13)15/h4-5,10H,6-9,15H2,1-3H3,(H,16,18). The van der Waals surface area contributed by atoms with Gasteiger partial charge in [0.1, 0.15) is 5.75 Å². The van der Waals surface area contributed by atoms with Gasteiger partial charge in [0.05, 0.1) is 25.1 Å². The van der Waals surface area contributed by atoms with Crippen LogP contribution < -0.4 is 15.8 Å². The van der Waals surface area contributed by atoms with E-state index in [9.17, 15) is 4.79 Å². The Morgan fingerprint density at radius 2 is 2.10 bits per heavy atom. The van der Waals surface area contributed by atoms with Crippen LogP contribution in [0.25, 0.3) is 0 Å². The van der Waals surface area contributed by atoms with Gasteiger partial charge in [-0.25, -0.2) is 0 Å². The molecule has 0 saturated carbocycles. The number of ether oxygens (including phenoxy) is 2. The van der Waals surface area contributed by atoms with Gasteiger partial charge in [-0.3, -0.25) is 4.79 Å². The van der Waals surface area contributed by atoms with Crippen molar-refractivity contribution in [3.63, 3.8) is 0 Å². The zero-order chi connectivity index (χ0) is 15.0. The van der Waals surface area contributed by atoms with Crippen molar-refractivity contribution in [3.05, 3.63) is 18.2 Å². The normalized spacial score (nSPS) is 10.6. The highest BCUT2D eigenvalue weighted by Crippen LogP contribution is 2.24. The monoisotopic (exact) mass is 281 g/mol. The fourth-order valence-electron chi connectivity index (χ4n) is 1.65. The van der Waals surface area contributed by atoms with E-state index in [1.54, 1.807) is 32.4 Å². The average molecular weight is 281 g/mol. The summed E-state index contributed by atoms with van der Waals surface area (Å²) in [4.78, 5) is 13.9. The molecule has 6 nitrogen and oxygen atoms in total. The highest BCUT2D eigenvalue weighted by molar-refractivity contribution is 5.94. The van der Waals surface area contributed by atoms with E-state index in [0.717, 1.165) is 6.54 Å². The molecule has 0 aromatic heterocycles. The highest BCUT2D eigenvalue weighted by Gasteiger charge is 2.07. The third-order valence-electron chi connectivity index (χ3n) is 2.93. The Balaban J connectivity index is 2.42. The first kappa shape index (κ1) is 16.3. The Labute approximate surface area is 119 Å². The second kappa shape index (κ2) is 8.39. The van der Waals surface area contributed by atoms with Crippen LogP contribution in [0.15, 0.2) is 18.2 Å². The minimum Gasteiger partial charge on any atom is -0.497 e. The van der Waals surface area contributed by atoms with Gasteiger partial charge in [-0.1, -0.05) is 0 Å². The molecule has 0 aliphatic carbocycles. The number of nitrogens with one attached hydrogen (secondary N) is 1. The summed E-state index contributed by atoms with van der Waals surface area (Å²) in [7, 11) is 5.18. The molecule has 0 radical (unpaired) electrons. The second-order valence-corrected chi connectivity index (χ2v) is 4.55. The summed E-state index contributed by atoms with van der Waals surface area (Å²) < 4.78 is 10.0. The van der Waals surface area contributed by atoms with Crippen molar-refractivity contribution >= 4 is 17.3 Å². The first-order valence-corrected chi connectivity index (χ1v) is 6.47. The molecule has 0 aliphatic rings. The van der Waals surface area contributed by atoms with E-state index in [1.807, 2.05) is 11.9 Å². The number of amides is 1. The number of carbonyl (C=O) groups excluding carboxylic acids is 1. The largest absolute Gasteiger partial charge is 0.497 e. The Bertz CT molecular complexity index is 438. The molecule has 0 saturated heterocycles. The molecule has 1 rings (SSSR count). The molecule has 0 aliphatic heterocycles. The smallest absolute Gasteiger partial charge is 0.225 e. The predicted molar refractivity (Wildman–Crippen MR) is 80.0 cm³/mol. The Morgan fingerprint density at radius 3 is 2.70 bits per heavy atom. The third kappa shape index (κ3) is 5.46. The number of nitrogen functional groups attached to an aromatic ring is 1. The minimum atomic E-state index is -0.0638. The molecule has 1 aromatic carbocycles. The van der Waals surface area contributed by atoms with E-state index in [4.69, 9.17) is 15.2 Å². The molecular weight excluding hydrogens is 258 g/mol. The van der Waals surface area contributed by atoms with Gasteiger partial charge < -0.3 is 25.4 Å². The van der Waals surface area contributed by atoms with Crippen LogP contribution in [0.1, 0.15) is 6.42 Å². The number of hydrogen-bond acceptors (Lipinski definition) is 5. The van der Waals surface area contributed by atoms with Gasteiger partial charge in [0.2, 0.25) is 5.91 Å². The number of nitrogens with zero attached hydrogens (tertiary/aromatic N) is 1. The van der Waals surface area contributed by atoms with Crippen LogP contribution in [-0.2, 0) is 9.53 Å². The fourth-order valence-corrected chi connectivity index (χ4v) is 1.65. The molecule has 0 bridgehead atoms. The predicted octanol–water partition coefficient (Wildman–Crippen LogP) is 1.18. The van der Waals surface area contributed by atoms with Crippen molar-refractivity contribution in [1.29, 1.82) is 0 Å². The van der Waals surface area contributed by atoms with Gasteiger partial charge in [-0.15, -0.1) is 0 Å². The maximum Gasteiger partial charge on any atom is 0.225 e. The highest BCUT2D eigenvalue weighted by atomic mass is 16.5. The average Bonchev–Trinajstić information content (AvgIpc) is 2.45. The molecule has 1 aromatic rings. The zero-order valence-corrected chi connectivity index (χ0v) is 12.3. The van der Waals surface area contributed by atoms with Gasteiger partial charge >= 0.3 is 0 Å². The molecule has 20 heavy (non-hydrogen) atoms. The quantitative estimate of drug-likeness (QED) is 0.700. The first-order chi connectivity index (χ1) is 9.56. The summed E-state index contributed by atoms with van der Waals surface area (Å²) in [5, 5.41) is 2.80. The lowest BCUT2D eigenvalue weighted by molar-refractivity contribution is -0.116. The van der Waals surface area contributed by atoms with Gasteiger partial charge in [0, 0.05) is 32.7 Å². The van der Waals surface area contributed by atoms with E-state index >= 15 is 0 Å². The number of carbonyl (C=O) groups is 1. The Morgan fingerprint density at radius 1 is 1.35 bits per heavy atom. The number of benzene rings is 1. The SMILES string of the molecule is COCCN(C)CCC(=O)Nc1ccc(OC)cc1N. The molecule has 1 amide bonds. The van der Waals surface area contributed by atoms with Crippen molar-refractivity contribution in [2.75, 3.05) is 52.0 Å². The van der Waals surface area contributed by atoms with Crippen LogP contribution in [0.2, 0.25) is 0 Å². The zero-order valence-electron chi connectivity index (χ0n) is 12.3. The lowest BCUT2D eigenvalue weighted by Gasteiger charge is -2.16. The fraction of sp³-hybridized carbons (Fsp3) is 0.500. The Hall–Kier alpha value is -1.79. The lowest BCUT2D eigenvalue weighted by atomic mass is 10.2. The summed E-state index contributed by atoms with van der Waals surface area (Å²) in [6.45, 7) is 2.13. The third-order valence-corrected chi connectivity index (χ3v) is 2.93. The van der Waals surface area contributed by atoms with Gasteiger partial charge in [-0.05, 0) is 19.2 Å². The second-order valence-electron chi connectivity index (χ2n) is 4.55. The summed E-state index contributed by atoms with van der Waals surface area (Å²) in [5.41, 5.74) is 6.94. The molecule has 0 fully saturated rings. The van der Waals surface area contributed by atoms with Crippen LogP contribution in [-0.4, -0.2) is 51.8 Å². The molecule has 0 spiro atoms. The van der Waals surface area contributed by atoms with Crippen LogP contribution >= 0.6 is 0 Å². The van der Waals surface area contributed by atoms with Crippen LogP contribution in [0.5, 0.6) is 5.75 Å². The van der Waals surface area contributed by atoms with Gasteiger partial charge in [-0.2, -0.15) is 0 Å². The van der Waals surface area contributed by atoms with E-state index < -0.39 is 0 Å². The number of rotatable bonds is 8. The number of anilines is 2.